The second-order valence-corrected chi connectivity index (χ2v) is 4.87. The lowest BCUT2D eigenvalue weighted by Gasteiger charge is -2.28. The maximum atomic E-state index is 4.49. The van der Waals surface area contributed by atoms with Crippen molar-refractivity contribution in [1.82, 2.24) is 15.1 Å². The Morgan fingerprint density at radius 3 is 2.81 bits per heavy atom. The number of nitrogens with one attached hydrogen (secondary N) is 1. The molecular weight excluding hydrogens is 198 g/mol. The summed E-state index contributed by atoms with van der Waals surface area (Å²) in [6.45, 7) is 6.54. The van der Waals surface area contributed by atoms with Gasteiger partial charge in [-0.1, -0.05) is 19.9 Å². The third kappa shape index (κ3) is 1.43. The summed E-state index contributed by atoms with van der Waals surface area (Å²) in [5.74, 6) is 0.582. The fourth-order valence-electron chi connectivity index (χ4n) is 2.17. The van der Waals surface area contributed by atoms with Crippen molar-refractivity contribution in [2.24, 2.45) is 0 Å². The molecule has 0 atom stereocenters. The number of aromatic nitrogens is 2. The summed E-state index contributed by atoms with van der Waals surface area (Å²) in [6.07, 6.45) is 1.99. The van der Waals surface area contributed by atoms with Crippen LogP contribution in [0.25, 0.3) is 10.9 Å². The van der Waals surface area contributed by atoms with Crippen molar-refractivity contribution in [3.63, 3.8) is 0 Å². The van der Waals surface area contributed by atoms with Gasteiger partial charge in [0.1, 0.15) is 0 Å². The Bertz CT molecular complexity index is 509. The molecule has 1 aliphatic rings. The predicted molar refractivity (Wildman–Crippen MR) is 65.7 cm³/mol. The Morgan fingerprint density at radius 1 is 1.38 bits per heavy atom. The maximum Gasteiger partial charge on any atom is 0.0774 e. The second-order valence-electron chi connectivity index (χ2n) is 4.87. The van der Waals surface area contributed by atoms with Crippen LogP contribution in [0.3, 0.4) is 0 Å². The van der Waals surface area contributed by atoms with Gasteiger partial charge in [-0.2, -0.15) is 5.10 Å². The van der Waals surface area contributed by atoms with Gasteiger partial charge in [-0.25, -0.2) is 0 Å². The van der Waals surface area contributed by atoms with Crippen LogP contribution in [0, 0.1) is 0 Å². The zero-order valence-electron chi connectivity index (χ0n) is 9.77. The fraction of sp³-hybridized carbons (Fsp3) is 0.462. The van der Waals surface area contributed by atoms with Crippen molar-refractivity contribution in [2.45, 2.75) is 25.8 Å². The SMILES string of the molecule is CC(C)c1ccc2c(cnn2C2CNC2)c1. The molecule has 16 heavy (non-hydrogen) atoms. The first-order chi connectivity index (χ1) is 7.75. The molecule has 1 aliphatic heterocycles. The van der Waals surface area contributed by atoms with E-state index in [4.69, 9.17) is 0 Å². The number of rotatable bonds is 2. The molecular formula is C13H17N3. The molecule has 2 aromatic rings. The van der Waals surface area contributed by atoms with Crippen LogP contribution >= 0.6 is 0 Å². The first-order valence-electron chi connectivity index (χ1n) is 5.93. The van der Waals surface area contributed by atoms with Crippen molar-refractivity contribution >= 4 is 10.9 Å². The molecule has 3 heteroatoms. The van der Waals surface area contributed by atoms with Gasteiger partial charge < -0.3 is 5.32 Å². The number of fused-ring (bicyclic) bond motifs is 1. The smallest absolute Gasteiger partial charge is 0.0774 e. The number of nitrogens with zero attached hydrogens (tertiary/aromatic N) is 2. The summed E-state index contributed by atoms with van der Waals surface area (Å²) in [6, 6.07) is 7.23. The average Bonchev–Trinajstić information content (AvgIpc) is 2.59. The fourth-order valence-corrected chi connectivity index (χ4v) is 2.17. The normalized spacial score (nSPS) is 16.9. The topological polar surface area (TPSA) is 29.9 Å². The molecule has 1 aromatic carbocycles. The summed E-state index contributed by atoms with van der Waals surface area (Å²) in [7, 11) is 0. The Kier molecular flexibility index (Phi) is 2.21. The molecule has 0 bridgehead atoms. The van der Waals surface area contributed by atoms with Gasteiger partial charge in [0.15, 0.2) is 0 Å². The molecule has 3 rings (SSSR count). The minimum Gasteiger partial charge on any atom is -0.312 e. The van der Waals surface area contributed by atoms with Crippen LogP contribution in [-0.4, -0.2) is 22.9 Å². The number of benzene rings is 1. The van der Waals surface area contributed by atoms with Crippen LogP contribution in [0.2, 0.25) is 0 Å². The molecule has 0 amide bonds. The Labute approximate surface area is 95.5 Å². The van der Waals surface area contributed by atoms with Gasteiger partial charge in [-0.15, -0.1) is 0 Å². The molecule has 1 fully saturated rings. The molecule has 1 N–H and O–H groups in total. The van der Waals surface area contributed by atoms with Gasteiger partial charge in [-0.05, 0) is 23.6 Å². The minimum atomic E-state index is 0.544. The summed E-state index contributed by atoms with van der Waals surface area (Å²) in [5, 5.41) is 9.04. The van der Waals surface area contributed by atoms with Crippen LogP contribution < -0.4 is 5.32 Å². The lowest BCUT2D eigenvalue weighted by molar-refractivity contribution is 0.326. The van der Waals surface area contributed by atoms with Gasteiger partial charge in [0, 0.05) is 18.5 Å². The molecule has 3 nitrogen and oxygen atoms in total. The predicted octanol–water partition coefficient (Wildman–Crippen LogP) is 2.30. The minimum absolute atomic E-state index is 0.544. The van der Waals surface area contributed by atoms with Crippen molar-refractivity contribution in [3.05, 3.63) is 30.0 Å². The van der Waals surface area contributed by atoms with Crippen molar-refractivity contribution < 1.29 is 0 Å². The summed E-state index contributed by atoms with van der Waals surface area (Å²) >= 11 is 0. The molecule has 0 radical (unpaired) electrons. The summed E-state index contributed by atoms with van der Waals surface area (Å²) in [4.78, 5) is 0. The Morgan fingerprint density at radius 2 is 2.19 bits per heavy atom. The largest absolute Gasteiger partial charge is 0.312 e. The van der Waals surface area contributed by atoms with Crippen LogP contribution in [-0.2, 0) is 0 Å². The highest BCUT2D eigenvalue weighted by Crippen LogP contribution is 2.24. The molecule has 1 saturated heterocycles. The molecule has 0 spiro atoms. The summed E-state index contributed by atoms with van der Waals surface area (Å²) in [5.41, 5.74) is 2.65. The Balaban J connectivity index is 2.07. The van der Waals surface area contributed by atoms with Crippen LogP contribution in [0.5, 0.6) is 0 Å². The van der Waals surface area contributed by atoms with E-state index >= 15 is 0 Å². The van der Waals surface area contributed by atoms with Crippen molar-refractivity contribution in [2.75, 3.05) is 13.1 Å². The molecule has 1 aromatic heterocycles. The van der Waals surface area contributed by atoms with Crippen molar-refractivity contribution in [1.29, 1.82) is 0 Å². The molecule has 2 heterocycles. The molecule has 0 aliphatic carbocycles. The monoisotopic (exact) mass is 215 g/mol. The quantitative estimate of drug-likeness (QED) is 0.833. The van der Waals surface area contributed by atoms with Gasteiger partial charge in [0.05, 0.1) is 17.8 Å². The number of hydrogen-bond acceptors (Lipinski definition) is 2. The highest BCUT2D eigenvalue weighted by molar-refractivity contribution is 5.79. The number of hydrogen-bond donors (Lipinski definition) is 1. The first-order valence-corrected chi connectivity index (χ1v) is 5.93. The molecule has 84 valence electrons. The lowest BCUT2D eigenvalue weighted by atomic mass is 10.0. The second kappa shape index (κ2) is 3.59. The van der Waals surface area contributed by atoms with Gasteiger partial charge >= 0.3 is 0 Å². The first kappa shape index (κ1) is 9.85. The third-order valence-electron chi connectivity index (χ3n) is 3.39. The van der Waals surface area contributed by atoms with E-state index in [0.717, 1.165) is 13.1 Å². The van der Waals surface area contributed by atoms with E-state index in [2.05, 4.69) is 47.1 Å². The highest BCUT2D eigenvalue weighted by atomic mass is 15.3. The van der Waals surface area contributed by atoms with E-state index in [9.17, 15) is 0 Å². The van der Waals surface area contributed by atoms with Crippen LogP contribution in [0.15, 0.2) is 24.4 Å². The van der Waals surface area contributed by atoms with E-state index in [1.54, 1.807) is 0 Å². The van der Waals surface area contributed by atoms with E-state index in [0.29, 0.717) is 12.0 Å². The van der Waals surface area contributed by atoms with Gasteiger partial charge in [0.25, 0.3) is 0 Å². The van der Waals surface area contributed by atoms with Crippen LogP contribution in [0.1, 0.15) is 31.4 Å². The summed E-state index contributed by atoms with van der Waals surface area (Å²) < 4.78 is 2.15. The Hall–Kier alpha value is -1.35. The van der Waals surface area contributed by atoms with E-state index in [1.165, 1.54) is 16.5 Å². The lowest BCUT2D eigenvalue weighted by Crippen LogP contribution is -2.43. The van der Waals surface area contributed by atoms with E-state index < -0.39 is 0 Å². The molecule has 0 saturated carbocycles. The van der Waals surface area contributed by atoms with E-state index in [-0.39, 0.29) is 0 Å². The van der Waals surface area contributed by atoms with Crippen LogP contribution in [0.4, 0.5) is 0 Å². The standard InChI is InChI=1S/C13H17N3/c1-9(2)10-3-4-13-11(5-10)6-15-16(13)12-7-14-8-12/h3-6,9,12,14H,7-8H2,1-2H3. The highest BCUT2D eigenvalue weighted by Gasteiger charge is 2.21. The van der Waals surface area contributed by atoms with Gasteiger partial charge in [-0.3, -0.25) is 4.68 Å². The zero-order chi connectivity index (χ0) is 11.1. The molecule has 0 unspecified atom stereocenters. The zero-order valence-corrected chi connectivity index (χ0v) is 9.77. The third-order valence-corrected chi connectivity index (χ3v) is 3.39. The van der Waals surface area contributed by atoms with Gasteiger partial charge in [0.2, 0.25) is 0 Å². The average molecular weight is 215 g/mol. The maximum absolute atomic E-state index is 4.49. The van der Waals surface area contributed by atoms with E-state index in [1.807, 2.05) is 6.20 Å². The van der Waals surface area contributed by atoms with Crippen molar-refractivity contribution in [3.8, 4) is 0 Å².